The molecule has 0 bridgehead atoms. The van der Waals surface area contributed by atoms with Gasteiger partial charge in [0.1, 0.15) is 11.9 Å². The van der Waals surface area contributed by atoms with Gasteiger partial charge in [-0.25, -0.2) is 0 Å². The molecule has 0 radical (unpaired) electrons. The molecule has 0 spiro atoms. The Morgan fingerprint density at radius 1 is 1.06 bits per heavy atom. The Hall–Kier alpha value is -1.50. The van der Waals surface area contributed by atoms with Crippen LogP contribution in [-0.4, -0.2) is 6.10 Å². The Bertz CT molecular complexity index is 554. The Balaban J connectivity index is 2.31. The summed E-state index contributed by atoms with van der Waals surface area (Å²) < 4.78 is 5.93. The van der Waals surface area contributed by atoms with E-state index in [0.717, 1.165) is 5.75 Å². The standard InChI is InChI=1S/C15H16O/c1-10-15(2,3)13-8-11-6-4-5-7-12(11)9-14(13)16-10/h4-10H,1-3H3. The Morgan fingerprint density at radius 3 is 2.38 bits per heavy atom. The average molecular weight is 212 g/mol. The van der Waals surface area contributed by atoms with Crippen LogP contribution < -0.4 is 4.74 Å². The van der Waals surface area contributed by atoms with Crippen LogP contribution in [0.15, 0.2) is 36.4 Å². The Morgan fingerprint density at radius 2 is 1.69 bits per heavy atom. The number of rotatable bonds is 0. The van der Waals surface area contributed by atoms with E-state index >= 15 is 0 Å². The highest BCUT2D eigenvalue weighted by atomic mass is 16.5. The van der Waals surface area contributed by atoms with Crippen LogP contribution >= 0.6 is 0 Å². The van der Waals surface area contributed by atoms with Crippen molar-refractivity contribution in [1.29, 1.82) is 0 Å². The summed E-state index contributed by atoms with van der Waals surface area (Å²) >= 11 is 0. The van der Waals surface area contributed by atoms with Gasteiger partial charge < -0.3 is 4.74 Å². The average Bonchev–Trinajstić information content (AvgIpc) is 2.48. The molecule has 0 N–H and O–H groups in total. The summed E-state index contributed by atoms with van der Waals surface area (Å²) in [6.07, 6.45) is 0.249. The Labute approximate surface area is 96.0 Å². The van der Waals surface area contributed by atoms with Crippen molar-refractivity contribution in [2.45, 2.75) is 32.3 Å². The van der Waals surface area contributed by atoms with E-state index in [0.29, 0.717) is 0 Å². The second kappa shape index (κ2) is 3.00. The quantitative estimate of drug-likeness (QED) is 0.643. The summed E-state index contributed by atoms with van der Waals surface area (Å²) in [6, 6.07) is 12.9. The number of ether oxygens (including phenoxy) is 1. The molecular formula is C15H16O. The lowest BCUT2D eigenvalue weighted by molar-refractivity contribution is 0.186. The van der Waals surface area contributed by atoms with Gasteiger partial charge in [0, 0.05) is 11.0 Å². The number of hydrogen-bond acceptors (Lipinski definition) is 1. The van der Waals surface area contributed by atoms with Gasteiger partial charge in [-0.15, -0.1) is 0 Å². The van der Waals surface area contributed by atoms with Gasteiger partial charge >= 0.3 is 0 Å². The summed E-state index contributed by atoms with van der Waals surface area (Å²) in [5, 5.41) is 2.55. The summed E-state index contributed by atoms with van der Waals surface area (Å²) in [5.41, 5.74) is 1.44. The van der Waals surface area contributed by atoms with Crippen LogP contribution in [0.5, 0.6) is 5.75 Å². The fraction of sp³-hybridized carbons (Fsp3) is 0.333. The molecule has 2 aromatic carbocycles. The van der Waals surface area contributed by atoms with Crippen molar-refractivity contribution in [3.63, 3.8) is 0 Å². The lowest BCUT2D eigenvalue weighted by atomic mass is 9.81. The molecule has 1 atom stereocenters. The van der Waals surface area contributed by atoms with Gasteiger partial charge in [-0.1, -0.05) is 38.1 Å². The molecule has 2 aromatic rings. The topological polar surface area (TPSA) is 9.23 Å². The van der Waals surface area contributed by atoms with E-state index in [9.17, 15) is 0 Å². The molecule has 0 aliphatic carbocycles. The van der Waals surface area contributed by atoms with Crippen molar-refractivity contribution in [1.82, 2.24) is 0 Å². The first-order valence-electron chi connectivity index (χ1n) is 5.79. The highest BCUT2D eigenvalue weighted by Gasteiger charge is 2.38. The molecule has 0 saturated heterocycles. The number of benzene rings is 2. The van der Waals surface area contributed by atoms with Crippen LogP contribution in [0, 0.1) is 0 Å². The second-order valence-electron chi connectivity index (χ2n) is 5.18. The van der Waals surface area contributed by atoms with Crippen LogP contribution in [0.1, 0.15) is 26.3 Å². The molecule has 1 aliphatic rings. The minimum Gasteiger partial charge on any atom is -0.489 e. The van der Waals surface area contributed by atoms with Gasteiger partial charge in [0.15, 0.2) is 0 Å². The minimum absolute atomic E-state index is 0.110. The van der Waals surface area contributed by atoms with Gasteiger partial charge in [-0.2, -0.15) is 0 Å². The molecule has 1 unspecified atom stereocenters. The van der Waals surface area contributed by atoms with Gasteiger partial charge in [0.2, 0.25) is 0 Å². The molecule has 1 heterocycles. The fourth-order valence-corrected chi connectivity index (χ4v) is 2.38. The molecule has 1 aliphatic heterocycles. The molecular weight excluding hydrogens is 196 g/mol. The van der Waals surface area contributed by atoms with Crippen molar-refractivity contribution in [3.8, 4) is 5.75 Å². The molecule has 0 saturated carbocycles. The van der Waals surface area contributed by atoms with E-state index < -0.39 is 0 Å². The summed E-state index contributed by atoms with van der Waals surface area (Å²) in [7, 11) is 0. The van der Waals surface area contributed by atoms with E-state index in [4.69, 9.17) is 4.74 Å². The van der Waals surface area contributed by atoms with Crippen LogP contribution in [0.3, 0.4) is 0 Å². The van der Waals surface area contributed by atoms with Crippen LogP contribution in [-0.2, 0) is 5.41 Å². The lowest BCUT2D eigenvalue weighted by Gasteiger charge is -2.22. The molecule has 1 nitrogen and oxygen atoms in total. The van der Waals surface area contributed by atoms with Gasteiger partial charge in [-0.05, 0) is 29.8 Å². The molecule has 82 valence electrons. The molecule has 1 heteroatoms. The molecule has 0 fully saturated rings. The van der Waals surface area contributed by atoms with E-state index in [-0.39, 0.29) is 11.5 Å². The normalized spacial score (nSPS) is 21.8. The van der Waals surface area contributed by atoms with Gasteiger partial charge in [0.05, 0.1) is 0 Å². The van der Waals surface area contributed by atoms with Crippen molar-refractivity contribution >= 4 is 10.8 Å². The monoisotopic (exact) mass is 212 g/mol. The van der Waals surface area contributed by atoms with Crippen molar-refractivity contribution in [3.05, 3.63) is 42.0 Å². The highest BCUT2D eigenvalue weighted by Crippen LogP contribution is 2.44. The maximum absolute atomic E-state index is 5.93. The van der Waals surface area contributed by atoms with Crippen molar-refractivity contribution in [2.24, 2.45) is 0 Å². The minimum atomic E-state index is 0.110. The van der Waals surface area contributed by atoms with E-state index in [1.165, 1.54) is 16.3 Å². The SMILES string of the molecule is CC1Oc2cc3ccccc3cc2C1(C)C. The third-order valence-corrected chi connectivity index (χ3v) is 3.86. The van der Waals surface area contributed by atoms with Gasteiger partial charge in [-0.3, -0.25) is 0 Å². The maximum Gasteiger partial charge on any atom is 0.124 e. The fourth-order valence-electron chi connectivity index (χ4n) is 2.38. The smallest absolute Gasteiger partial charge is 0.124 e. The number of fused-ring (bicyclic) bond motifs is 2. The van der Waals surface area contributed by atoms with E-state index in [1.807, 2.05) is 0 Å². The Kier molecular flexibility index (Phi) is 1.82. The number of hydrogen-bond donors (Lipinski definition) is 0. The predicted molar refractivity (Wildman–Crippen MR) is 67.1 cm³/mol. The first-order valence-corrected chi connectivity index (χ1v) is 5.79. The van der Waals surface area contributed by atoms with E-state index in [1.54, 1.807) is 0 Å². The van der Waals surface area contributed by atoms with Crippen molar-refractivity contribution in [2.75, 3.05) is 0 Å². The zero-order valence-corrected chi connectivity index (χ0v) is 9.95. The maximum atomic E-state index is 5.93. The predicted octanol–water partition coefficient (Wildman–Crippen LogP) is 3.90. The first kappa shape index (κ1) is 9.71. The molecule has 0 aromatic heterocycles. The summed E-state index contributed by atoms with van der Waals surface area (Å²) in [5.74, 6) is 1.05. The molecule has 3 rings (SSSR count). The van der Waals surface area contributed by atoms with Crippen molar-refractivity contribution < 1.29 is 4.74 Å². The van der Waals surface area contributed by atoms with Crippen LogP contribution in [0.4, 0.5) is 0 Å². The lowest BCUT2D eigenvalue weighted by Crippen LogP contribution is -2.28. The summed E-state index contributed by atoms with van der Waals surface area (Å²) in [6.45, 7) is 6.64. The third kappa shape index (κ3) is 1.18. The zero-order valence-electron chi connectivity index (χ0n) is 9.95. The highest BCUT2D eigenvalue weighted by molar-refractivity contribution is 5.85. The second-order valence-corrected chi connectivity index (χ2v) is 5.18. The van der Waals surface area contributed by atoms with E-state index in [2.05, 4.69) is 57.2 Å². The first-order chi connectivity index (χ1) is 7.59. The zero-order chi connectivity index (χ0) is 11.3. The largest absolute Gasteiger partial charge is 0.489 e. The molecule has 16 heavy (non-hydrogen) atoms. The third-order valence-electron chi connectivity index (χ3n) is 3.86. The van der Waals surface area contributed by atoms with Crippen LogP contribution in [0.2, 0.25) is 0 Å². The van der Waals surface area contributed by atoms with Crippen LogP contribution in [0.25, 0.3) is 10.8 Å². The van der Waals surface area contributed by atoms with Gasteiger partial charge in [0.25, 0.3) is 0 Å². The summed E-state index contributed by atoms with van der Waals surface area (Å²) in [4.78, 5) is 0. The molecule has 0 amide bonds.